The Morgan fingerprint density at radius 3 is 2.08 bits per heavy atom. The molecule has 1 aliphatic rings. The molecule has 148 valence electrons. The Hall–Kier alpha value is -0.950. The van der Waals surface area contributed by atoms with E-state index in [0.29, 0.717) is 12.5 Å². The molecule has 0 spiro atoms. The van der Waals surface area contributed by atoms with E-state index in [1.54, 1.807) is 12.1 Å². The molecule has 0 saturated carbocycles. The van der Waals surface area contributed by atoms with E-state index in [2.05, 4.69) is 46.6 Å². The molecule has 1 atom stereocenters. The summed E-state index contributed by atoms with van der Waals surface area (Å²) in [6, 6.07) is 6.41. The standard InChI is InChI=1S/C20H33NO4S/c1-7-16(17-8-10-18(11-9-17)26(22,23)24)14-25-21-19(3,4)12-15(2)13-20(21,5)6/h8-11,15-16H,7,12-14H2,1-6H3,(H,22,23,24). The molecule has 1 fully saturated rings. The van der Waals surface area contributed by atoms with Crippen molar-refractivity contribution in [1.29, 1.82) is 0 Å². The molecule has 0 aromatic heterocycles. The van der Waals surface area contributed by atoms with Crippen LogP contribution >= 0.6 is 0 Å². The van der Waals surface area contributed by atoms with E-state index in [4.69, 9.17) is 9.39 Å². The predicted molar refractivity (Wildman–Crippen MR) is 104 cm³/mol. The van der Waals surface area contributed by atoms with Gasteiger partial charge in [0, 0.05) is 17.0 Å². The summed E-state index contributed by atoms with van der Waals surface area (Å²) in [6.07, 6.45) is 3.07. The third kappa shape index (κ3) is 4.85. The van der Waals surface area contributed by atoms with Crippen LogP contribution in [0.4, 0.5) is 0 Å². The highest BCUT2D eigenvalue weighted by atomic mass is 32.2. The van der Waals surface area contributed by atoms with Crippen molar-refractivity contribution in [1.82, 2.24) is 5.06 Å². The van der Waals surface area contributed by atoms with Gasteiger partial charge in [-0.2, -0.15) is 13.5 Å². The van der Waals surface area contributed by atoms with Crippen LogP contribution in [0, 0.1) is 5.92 Å². The van der Waals surface area contributed by atoms with Crippen molar-refractivity contribution >= 4 is 10.1 Å². The van der Waals surface area contributed by atoms with Gasteiger partial charge >= 0.3 is 0 Å². The van der Waals surface area contributed by atoms with Gasteiger partial charge in [0.25, 0.3) is 10.1 Å². The molecule has 1 heterocycles. The largest absolute Gasteiger partial charge is 0.297 e. The van der Waals surface area contributed by atoms with E-state index < -0.39 is 10.1 Å². The highest BCUT2D eigenvalue weighted by Crippen LogP contribution is 2.41. The molecule has 1 unspecified atom stereocenters. The Morgan fingerprint density at radius 2 is 1.65 bits per heavy atom. The molecule has 1 saturated heterocycles. The van der Waals surface area contributed by atoms with Crippen LogP contribution in [0.1, 0.15) is 72.3 Å². The van der Waals surface area contributed by atoms with Gasteiger partial charge in [-0.1, -0.05) is 26.0 Å². The van der Waals surface area contributed by atoms with Gasteiger partial charge in [-0.05, 0) is 70.6 Å². The number of nitrogens with zero attached hydrogens (tertiary/aromatic N) is 1. The van der Waals surface area contributed by atoms with Gasteiger partial charge in [0.15, 0.2) is 0 Å². The summed E-state index contributed by atoms with van der Waals surface area (Å²) < 4.78 is 31.5. The van der Waals surface area contributed by atoms with Crippen LogP contribution in [-0.4, -0.2) is 35.7 Å². The molecule has 1 aliphatic heterocycles. The summed E-state index contributed by atoms with van der Waals surface area (Å²) in [5.74, 6) is 0.825. The SMILES string of the molecule is CCC(CON1C(C)(C)CC(C)CC1(C)C)c1ccc(S(=O)(=O)O)cc1. The second-order valence-corrected chi connectivity index (χ2v) is 10.3. The van der Waals surface area contributed by atoms with E-state index in [-0.39, 0.29) is 21.9 Å². The lowest BCUT2D eigenvalue weighted by molar-refractivity contribution is -0.289. The summed E-state index contributed by atoms with van der Waals surface area (Å²) >= 11 is 0. The van der Waals surface area contributed by atoms with Crippen LogP contribution < -0.4 is 0 Å². The third-order valence-corrected chi connectivity index (χ3v) is 6.21. The summed E-state index contributed by atoms with van der Waals surface area (Å²) in [7, 11) is -4.16. The monoisotopic (exact) mass is 383 g/mol. The van der Waals surface area contributed by atoms with Gasteiger partial charge < -0.3 is 0 Å². The van der Waals surface area contributed by atoms with E-state index in [9.17, 15) is 8.42 Å². The minimum Gasteiger partial charge on any atom is -0.297 e. The first-order valence-corrected chi connectivity index (χ1v) is 10.8. The summed E-state index contributed by atoms with van der Waals surface area (Å²) in [6.45, 7) is 13.9. The van der Waals surface area contributed by atoms with Crippen molar-refractivity contribution in [3.05, 3.63) is 29.8 Å². The Morgan fingerprint density at radius 1 is 1.15 bits per heavy atom. The second-order valence-electron chi connectivity index (χ2n) is 8.88. The first-order valence-electron chi connectivity index (χ1n) is 9.37. The van der Waals surface area contributed by atoms with Crippen molar-refractivity contribution in [3.8, 4) is 0 Å². The third-order valence-electron chi connectivity index (χ3n) is 5.34. The molecule has 6 heteroatoms. The van der Waals surface area contributed by atoms with Crippen LogP contribution in [0.25, 0.3) is 0 Å². The maximum absolute atomic E-state index is 11.2. The van der Waals surface area contributed by atoms with Crippen LogP contribution in [0.2, 0.25) is 0 Å². The van der Waals surface area contributed by atoms with Gasteiger partial charge in [0.2, 0.25) is 0 Å². The van der Waals surface area contributed by atoms with Crippen molar-refractivity contribution in [2.45, 2.75) is 82.7 Å². The average Bonchev–Trinajstić information content (AvgIpc) is 2.48. The molecule has 0 amide bonds. The molecule has 0 radical (unpaired) electrons. The first-order chi connectivity index (χ1) is 11.9. The fourth-order valence-electron chi connectivity index (χ4n) is 4.64. The number of piperidine rings is 1. The summed E-state index contributed by atoms with van der Waals surface area (Å²) in [5, 5.41) is 2.16. The van der Waals surface area contributed by atoms with E-state index in [1.807, 2.05) is 0 Å². The number of hydrogen-bond donors (Lipinski definition) is 1. The molecule has 5 nitrogen and oxygen atoms in total. The molecular weight excluding hydrogens is 350 g/mol. The fraction of sp³-hybridized carbons (Fsp3) is 0.700. The summed E-state index contributed by atoms with van der Waals surface area (Å²) in [4.78, 5) is 6.25. The topological polar surface area (TPSA) is 66.8 Å². The molecular formula is C20H33NO4S. The average molecular weight is 384 g/mol. The van der Waals surface area contributed by atoms with Crippen molar-refractivity contribution in [2.75, 3.05) is 6.61 Å². The first kappa shape index (κ1) is 21.4. The number of hydrogen-bond acceptors (Lipinski definition) is 4. The Balaban J connectivity index is 2.13. The van der Waals surface area contributed by atoms with Crippen LogP contribution in [-0.2, 0) is 15.0 Å². The number of hydroxylamine groups is 2. The second kappa shape index (κ2) is 7.58. The molecule has 26 heavy (non-hydrogen) atoms. The lowest BCUT2D eigenvalue weighted by atomic mass is 9.76. The van der Waals surface area contributed by atoms with Crippen LogP contribution in [0.3, 0.4) is 0 Å². The highest BCUT2D eigenvalue weighted by Gasteiger charge is 2.45. The minimum atomic E-state index is -4.16. The maximum Gasteiger partial charge on any atom is 0.294 e. The maximum atomic E-state index is 11.2. The zero-order chi connectivity index (χ0) is 19.8. The zero-order valence-electron chi connectivity index (χ0n) is 16.8. The van der Waals surface area contributed by atoms with E-state index in [1.165, 1.54) is 12.1 Å². The summed E-state index contributed by atoms with van der Waals surface area (Å²) in [5.41, 5.74) is 0.948. The van der Waals surface area contributed by atoms with Gasteiger partial charge in [0.05, 0.1) is 11.5 Å². The molecule has 1 aromatic carbocycles. The normalized spacial score (nSPS) is 22.3. The predicted octanol–water partition coefficient (Wildman–Crippen LogP) is 4.65. The fourth-order valence-corrected chi connectivity index (χ4v) is 5.12. The minimum absolute atomic E-state index is 0.0335. The van der Waals surface area contributed by atoms with Gasteiger partial charge in [0.1, 0.15) is 0 Å². The van der Waals surface area contributed by atoms with Crippen molar-refractivity contribution in [2.24, 2.45) is 5.92 Å². The quantitative estimate of drug-likeness (QED) is 0.725. The molecule has 0 aliphatic carbocycles. The van der Waals surface area contributed by atoms with Gasteiger partial charge in [-0.25, -0.2) is 0 Å². The number of benzene rings is 1. The molecule has 0 bridgehead atoms. The van der Waals surface area contributed by atoms with Gasteiger partial charge in [-0.15, -0.1) is 0 Å². The van der Waals surface area contributed by atoms with E-state index >= 15 is 0 Å². The highest BCUT2D eigenvalue weighted by molar-refractivity contribution is 7.85. The van der Waals surface area contributed by atoms with Gasteiger partial charge in [-0.3, -0.25) is 9.39 Å². The van der Waals surface area contributed by atoms with Crippen LogP contribution in [0.15, 0.2) is 29.2 Å². The lowest BCUT2D eigenvalue weighted by Gasteiger charge is -2.53. The zero-order valence-corrected chi connectivity index (χ0v) is 17.6. The molecule has 2 rings (SSSR count). The van der Waals surface area contributed by atoms with Crippen molar-refractivity contribution in [3.63, 3.8) is 0 Å². The number of rotatable bonds is 6. The van der Waals surface area contributed by atoms with E-state index in [0.717, 1.165) is 24.8 Å². The smallest absolute Gasteiger partial charge is 0.294 e. The van der Waals surface area contributed by atoms with Crippen molar-refractivity contribution < 1.29 is 17.8 Å². The van der Waals surface area contributed by atoms with Crippen LogP contribution in [0.5, 0.6) is 0 Å². The Kier molecular flexibility index (Phi) is 6.23. The Bertz CT molecular complexity index is 692. The Labute approximate surface area is 158 Å². The molecule has 1 aromatic rings. The lowest BCUT2D eigenvalue weighted by Crippen LogP contribution is -2.60. The molecule has 1 N–H and O–H groups in total.